The van der Waals surface area contributed by atoms with Crippen LogP contribution in [-0.2, 0) is 0 Å². The van der Waals surface area contributed by atoms with Crippen LogP contribution in [-0.4, -0.2) is 45.0 Å². The van der Waals surface area contributed by atoms with Crippen molar-refractivity contribution in [1.29, 1.82) is 0 Å². The van der Waals surface area contributed by atoms with E-state index in [9.17, 15) is 4.79 Å². The molecule has 1 aliphatic heterocycles. The highest BCUT2D eigenvalue weighted by Gasteiger charge is 2.29. The highest BCUT2D eigenvalue weighted by Crippen LogP contribution is 2.18. The van der Waals surface area contributed by atoms with Gasteiger partial charge in [0.05, 0.1) is 12.7 Å². The third kappa shape index (κ3) is 3.16. The molecule has 1 unspecified atom stereocenters. The molecule has 108 valence electrons. The van der Waals surface area contributed by atoms with Crippen molar-refractivity contribution in [1.82, 2.24) is 19.9 Å². The first-order chi connectivity index (χ1) is 10.2. The molecule has 1 saturated heterocycles. The molecule has 3 rings (SSSR count). The highest BCUT2D eigenvalue weighted by molar-refractivity contribution is 5.92. The van der Waals surface area contributed by atoms with E-state index in [2.05, 4.69) is 15.0 Å². The van der Waals surface area contributed by atoms with E-state index in [1.807, 2.05) is 19.1 Å². The van der Waals surface area contributed by atoms with Gasteiger partial charge in [0.25, 0.3) is 5.91 Å². The summed E-state index contributed by atoms with van der Waals surface area (Å²) in [6, 6.07) is 3.81. The van der Waals surface area contributed by atoms with Crippen molar-refractivity contribution < 1.29 is 9.53 Å². The second kappa shape index (κ2) is 5.87. The zero-order chi connectivity index (χ0) is 14.7. The van der Waals surface area contributed by atoms with Crippen LogP contribution >= 0.6 is 0 Å². The topological polar surface area (TPSA) is 68.2 Å². The lowest BCUT2D eigenvalue weighted by molar-refractivity contribution is 0.0765. The summed E-state index contributed by atoms with van der Waals surface area (Å²) in [6.45, 7) is 3.19. The molecule has 6 nitrogen and oxygen atoms in total. The number of rotatable bonds is 3. The first-order valence-corrected chi connectivity index (χ1v) is 6.87. The molecule has 3 heterocycles. The summed E-state index contributed by atoms with van der Waals surface area (Å²) in [7, 11) is 0. The average Bonchev–Trinajstić information content (AvgIpc) is 2.98. The van der Waals surface area contributed by atoms with Crippen LogP contribution in [0.15, 0.2) is 36.9 Å². The third-order valence-corrected chi connectivity index (χ3v) is 3.39. The van der Waals surface area contributed by atoms with E-state index in [1.165, 1.54) is 12.4 Å². The number of pyridine rings is 1. The molecule has 0 radical (unpaired) electrons. The van der Waals surface area contributed by atoms with Gasteiger partial charge in [0.1, 0.15) is 11.8 Å². The van der Waals surface area contributed by atoms with Gasteiger partial charge in [-0.05, 0) is 12.5 Å². The van der Waals surface area contributed by atoms with Gasteiger partial charge in [-0.15, -0.1) is 0 Å². The van der Waals surface area contributed by atoms with Crippen molar-refractivity contribution in [3.8, 4) is 5.88 Å². The number of carbonyl (C=O) groups is 1. The number of hydrogen-bond donors (Lipinski definition) is 0. The fraction of sp³-hybridized carbons (Fsp3) is 0.333. The molecule has 6 heteroatoms. The quantitative estimate of drug-likeness (QED) is 0.854. The van der Waals surface area contributed by atoms with Crippen LogP contribution in [0.2, 0.25) is 0 Å². The smallest absolute Gasteiger partial charge is 0.274 e. The molecule has 0 bridgehead atoms. The minimum atomic E-state index is -0.105. The van der Waals surface area contributed by atoms with Crippen molar-refractivity contribution in [2.24, 2.45) is 0 Å². The molecule has 0 saturated carbocycles. The van der Waals surface area contributed by atoms with E-state index in [0.717, 1.165) is 12.0 Å². The molecule has 2 aromatic heterocycles. The predicted octanol–water partition coefficient (Wildman–Crippen LogP) is 1.47. The number of hydrogen-bond acceptors (Lipinski definition) is 5. The Morgan fingerprint density at radius 1 is 1.29 bits per heavy atom. The van der Waals surface area contributed by atoms with E-state index < -0.39 is 0 Å². The number of nitrogens with zero attached hydrogens (tertiary/aromatic N) is 4. The minimum Gasteiger partial charge on any atom is -0.472 e. The fourth-order valence-corrected chi connectivity index (χ4v) is 2.28. The molecule has 0 N–H and O–H groups in total. The van der Waals surface area contributed by atoms with Crippen molar-refractivity contribution >= 4 is 5.91 Å². The molecule has 1 atom stereocenters. The maximum Gasteiger partial charge on any atom is 0.274 e. The monoisotopic (exact) mass is 284 g/mol. The molecular formula is C15H16N4O2. The number of ether oxygens (including phenoxy) is 1. The van der Waals surface area contributed by atoms with Crippen LogP contribution in [0.5, 0.6) is 5.88 Å². The van der Waals surface area contributed by atoms with E-state index in [0.29, 0.717) is 24.7 Å². The Bertz CT molecular complexity index is 615. The lowest BCUT2D eigenvalue weighted by Gasteiger charge is -2.16. The average molecular weight is 284 g/mol. The van der Waals surface area contributed by atoms with Crippen molar-refractivity contribution in [3.05, 3.63) is 48.2 Å². The Labute approximate surface area is 122 Å². The van der Waals surface area contributed by atoms with Gasteiger partial charge >= 0.3 is 0 Å². The van der Waals surface area contributed by atoms with Crippen LogP contribution in [0.3, 0.4) is 0 Å². The normalized spacial score (nSPS) is 17.8. The lowest BCUT2D eigenvalue weighted by atomic mass is 10.3. The summed E-state index contributed by atoms with van der Waals surface area (Å²) < 4.78 is 5.81. The zero-order valence-corrected chi connectivity index (χ0v) is 11.8. The van der Waals surface area contributed by atoms with Crippen LogP contribution in [0.4, 0.5) is 0 Å². The zero-order valence-electron chi connectivity index (χ0n) is 11.8. The van der Waals surface area contributed by atoms with Crippen LogP contribution in [0.25, 0.3) is 0 Å². The molecule has 1 aliphatic rings. The summed E-state index contributed by atoms with van der Waals surface area (Å²) in [6.07, 6.45) is 7.09. The fourth-order valence-electron chi connectivity index (χ4n) is 2.28. The highest BCUT2D eigenvalue weighted by atomic mass is 16.5. The van der Waals surface area contributed by atoms with Gasteiger partial charge in [0.2, 0.25) is 5.88 Å². The number of aryl methyl sites for hydroxylation is 1. The predicted molar refractivity (Wildman–Crippen MR) is 75.9 cm³/mol. The summed E-state index contributed by atoms with van der Waals surface area (Å²) in [5.74, 6) is 0.491. The van der Waals surface area contributed by atoms with Gasteiger partial charge in [-0.1, -0.05) is 6.07 Å². The van der Waals surface area contributed by atoms with Crippen molar-refractivity contribution in [2.45, 2.75) is 19.4 Å². The summed E-state index contributed by atoms with van der Waals surface area (Å²) in [5.41, 5.74) is 1.46. The maximum absolute atomic E-state index is 12.2. The Morgan fingerprint density at radius 3 is 2.90 bits per heavy atom. The van der Waals surface area contributed by atoms with E-state index >= 15 is 0 Å². The maximum atomic E-state index is 12.2. The van der Waals surface area contributed by atoms with Gasteiger partial charge < -0.3 is 9.64 Å². The number of aromatic nitrogens is 3. The number of amides is 1. The molecule has 0 spiro atoms. The molecule has 0 aromatic carbocycles. The summed E-state index contributed by atoms with van der Waals surface area (Å²) in [4.78, 5) is 26.2. The van der Waals surface area contributed by atoms with E-state index in [4.69, 9.17) is 4.74 Å². The van der Waals surface area contributed by atoms with E-state index in [1.54, 1.807) is 17.3 Å². The third-order valence-electron chi connectivity index (χ3n) is 3.39. The molecule has 21 heavy (non-hydrogen) atoms. The van der Waals surface area contributed by atoms with Gasteiger partial charge in [-0.3, -0.25) is 9.78 Å². The first-order valence-electron chi connectivity index (χ1n) is 6.87. The lowest BCUT2D eigenvalue weighted by Crippen LogP contribution is -2.31. The SMILES string of the molecule is Cc1ccc(OC2CCN(C(=O)c3cnccn3)C2)nc1. The van der Waals surface area contributed by atoms with Crippen LogP contribution in [0, 0.1) is 6.92 Å². The summed E-state index contributed by atoms with van der Waals surface area (Å²) in [5, 5.41) is 0. The molecule has 0 aliphatic carbocycles. The molecular weight excluding hydrogens is 268 g/mol. The van der Waals surface area contributed by atoms with Crippen molar-refractivity contribution in [2.75, 3.05) is 13.1 Å². The second-order valence-electron chi connectivity index (χ2n) is 5.04. The van der Waals surface area contributed by atoms with Crippen molar-refractivity contribution in [3.63, 3.8) is 0 Å². The van der Waals surface area contributed by atoms with Crippen LogP contribution in [0.1, 0.15) is 22.5 Å². The standard InChI is InChI=1S/C15H16N4O2/c1-11-2-3-14(18-8-11)21-12-4-7-19(10-12)15(20)13-9-16-5-6-17-13/h2-3,5-6,8-9,12H,4,7,10H2,1H3. The van der Waals surface area contributed by atoms with Crippen LogP contribution < -0.4 is 4.74 Å². The number of carbonyl (C=O) groups excluding carboxylic acids is 1. The minimum absolute atomic E-state index is 0.0270. The Morgan fingerprint density at radius 2 is 2.19 bits per heavy atom. The summed E-state index contributed by atoms with van der Waals surface area (Å²) >= 11 is 0. The molecule has 2 aromatic rings. The second-order valence-corrected chi connectivity index (χ2v) is 5.04. The van der Waals surface area contributed by atoms with E-state index in [-0.39, 0.29) is 12.0 Å². The Balaban J connectivity index is 1.60. The number of likely N-dealkylation sites (tertiary alicyclic amines) is 1. The van der Waals surface area contributed by atoms with Gasteiger partial charge in [-0.2, -0.15) is 0 Å². The van der Waals surface area contributed by atoms with Gasteiger partial charge in [-0.25, -0.2) is 9.97 Å². The Hall–Kier alpha value is -2.50. The molecule has 1 fully saturated rings. The molecule has 1 amide bonds. The van der Waals surface area contributed by atoms with Gasteiger partial charge in [0, 0.05) is 37.6 Å². The largest absolute Gasteiger partial charge is 0.472 e. The first kappa shape index (κ1) is 13.5. The Kier molecular flexibility index (Phi) is 3.77. The van der Waals surface area contributed by atoms with Gasteiger partial charge in [0.15, 0.2) is 0 Å².